The predicted octanol–water partition coefficient (Wildman–Crippen LogP) is 3.06. The molecule has 3 rings (SSSR count). The minimum atomic E-state index is -0.675. The lowest BCUT2D eigenvalue weighted by atomic mass is 10.0. The average molecular weight is 385 g/mol. The van der Waals surface area contributed by atoms with Gasteiger partial charge in [-0.25, -0.2) is 4.98 Å². The van der Waals surface area contributed by atoms with Gasteiger partial charge in [0.15, 0.2) is 0 Å². The van der Waals surface area contributed by atoms with Crippen molar-refractivity contribution in [2.24, 2.45) is 5.92 Å². The Morgan fingerprint density at radius 1 is 1.15 bits per heavy atom. The summed E-state index contributed by atoms with van der Waals surface area (Å²) in [6, 6.07) is 11.8. The summed E-state index contributed by atoms with van der Waals surface area (Å²) in [5, 5.41) is 5.98. The number of carbonyl (C=O) groups excluding carboxylic acids is 2. The van der Waals surface area contributed by atoms with Gasteiger partial charge in [-0.15, -0.1) is 0 Å². The van der Waals surface area contributed by atoms with Crippen LogP contribution < -0.4 is 10.6 Å². The number of nitrogens with one attached hydrogen (secondary N) is 2. The molecule has 1 atom stereocenters. The molecule has 6 nitrogen and oxygen atoms in total. The molecule has 0 saturated carbocycles. The Hall–Kier alpha value is -2.86. The van der Waals surface area contributed by atoms with Gasteiger partial charge < -0.3 is 15.0 Å². The van der Waals surface area contributed by atoms with E-state index in [0.717, 1.165) is 11.3 Å². The van der Waals surface area contributed by atoms with E-state index in [0.29, 0.717) is 10.6 Å². The highest BCUT2D eigenvalue weighted by atomic mass is 35.5. The van der Waals surface area contributed by atoms with Gasteiger partial charge in [0, 0.05) is 12.4 Å². The molecule has 140 valence electrons. The summed E-state index contributed by atoms with van der Waals surface area (Å²) < 4.78 is 1.89. The van der Waals surface area contributed by atoms with Gasteiger partial charge in [-0.1, -0.05) is 43.6 Å². The van der Waals surface area contributed by atoms with Crippen LogP contribution in [0.25, 0.3) is 5.65 Å². The van der Waals surface area contributed by atoms with Crippen LogP contribution in [0.15, 0.2) is 54.9 Å². The van der Waals surface area contributed by atoms with Gasteiger partial charge in [0.1, 0.15) is 11.7 Å². The van der Waals surface area contributed by atoms with Crippen LogP contribution in [-0.2, 0) is 11.3 Å². The summed E-state index contributed by atoms with van der Waals surface area (Å²) in [6.45, 7) is 4.04. The summed E-state index contributed by atoms with van der Waals surface area (Å²) in [7, 11) is 0. The van der Waals surface area contributed by atoms with Gasteiger partial charge in [0.2, 0.25) is 5.91 Å². The van der Waals surface area contributed by atoms with Crippen molar-refractivity contribution in [3.8, 4) is 0 Å². The minimum Gasteiger partial charge on any atom is -0.349 e. The van der Waals surface area contributed by atoms with Crippen molar-refractivity contribution in [1.29, 1.82) is 0 Å². The minimum absolute atomic E-state index is 0.0856. The second-order valence-corrected chi connectivity index (χ2v) is 7.00. The fourth-order valence-electron chi connectivity index (χ4n) is 2.76. The number of carbonyl (C=O) groups is 2. The molecule has 0 saturated heterocycles. The molecule has 0 bridgehead atoms. The highest BCUT2D eigenvalue weighted by Gasteiger charge is 2.25. The summed E-state index contributed by atoms with van der Waals surface area (Å²) in [4.78, 5) is 29.6. The van der Waals surface area contributed by atoms with Gasteiger partial charge in [-0.3, -0.25) is 9.59 Å². The highest BCUT2D eigenvalue weighted by Crippen LogP contribution is 2.15. The van der Waals surface area contributed by atoms with Crippen molar-refractivity contribution in [3.63, 3.8) is 0 Å². The van der Waals surface area contributed by atoms with Crippen LogP contribution in [0.4, 0.5) is 0 Å². The fourth-order valence-corrected chi connectivity index (χ4v) is 2.98. The summed E-state index contributed by atoms with van der Waals surface area (Å²) >= 11 is 6.07. The Labute approximate surface area is 162 Å². The number of fused-ring (bicyclic) bond motifs is 1. The maximum atomic E-state index is 12.6. The number of rotatable bonds is 6. The van der Waals surface area contributed by atoms with Crippen molar-refractivity contribution in [1.82, 2.24) is 20.0 Å². The Balaban J connectivity index is 1.66. The number of nitrogens with zero attached hydrogens (tertiary/aromatic N) is 2. The van der Waals surface area contributed by atoms with Gasteiger partial charge in [-0.2, -0.15) is 0 Å². The first-order valence-corrected chi connectivity index (χ1v) is 9.09. The van der Waals surface area contributed by atoms with E-state index in [1.54, 1.807) is 24.3 Å². The van der Waals surface area contributed by atoms with Crippen LogP contribution in [0.2, 0.25) is 5.02 Å². The van der Waals surface area contributed by atoms with Crippen LogP contribution in [0, 0.1) is 5.92 Å². The molecule has 0 radical (unpaired) electrons. The van der Waals surface area contributed by atoms with E-state index in [9.17, 15) is 9.59 Å². The summed E-state index contributed by atoms with van der Waals surface area (Å²) in [5.41, 5.74) is 1.90. The van der Waals surface area contributed by atoms with E-state index in [2.05, 4.69) is 15.6 Å². The monoisotopic (exact) mass is 384 g/mol. The molecule has 0 aliphatic rings. The maximum absolute atomic E-state index is 12.6. The lowest BCUT2D eigenvalue weighted by molar-refractivity contribution is -0.124. The van der Waals surface area contributed by atoms with Crippen LogP contribution in [0.5, 0.6) is 0 Å². The van der Waals surface area contributed by atoms with E-state index in [-0.39, 0.29) is 24.3 Å². The zero-order valence-corrected chi connectivity index (χ0v) is 15.9. The molecule has 1 aromatic carbocycles. The number of pyridine rings is 1. The molecule has 3 aromatic rings. The lowest BCUT2D eigenvalue weighted by Crippen LogP contribution is -2.49. The zero-order valence-electron chi connectivity index (χ0n) is 15.1. The Morgan fingerprint density at radius 3 is 2.59 bits per heavy atom. The SMILES string of the molecule is CC(C)[C@@H](NC(=O)c1ccccc1Cl)C(=O)NCc1cn2ccccc2n1. The Bertz CT molecular complexity index is 934. The first kappa shape index (κ1) is 18.9. The van der Waals surface area contributed by atoms with Crippen LogP contribution in [-0.4, -0.2) is 27.2 Å². The fraction of sp³-hybridized carbons (Fsp3) is 0.250. The van der Waals surface area contributed by atoms with Gasteiger partial charge >= 0.3 is 0 Å². The molecule has 2 aromatic heterocycles. The maximum Gasteiger partial charge on any atom is 0.253 e. The van der Waals surface area contributed by atoms with Gasteiger partial charge in [0.05, 0.1) is 22.8 Å². The largest absolute Gasteiger partial charge is 0.349 e. The third-order valence-corrected chi connectivity index (χ3v) is 4.54. The van der Waals surface area contributed by atoms with Crippen LogP contribution in [0.1, 0.15) is 29.9 Å². The predicted molar refractivity (Wildman–Crippen MR) is 105 cm³/mol. The second-order valence-electron chi connectivity index (χ2n) is 6.59. The smallest absolute Gasteiger partial charge is 0.253 e. The molecule has 0 aliphatic heterocycles. The molecule has 27 heavy (non-hydrogen) atoms. The van der Waals surface area contributed by atoms with E-state index in [1.807, 2.05) is 48.8 Å². The third-order valence-electron chi connectivity index (χ3n) is 4.21. The molecule has 0 unspecified atom stereocenters. The second kappa shape index (κ2) is 8.22. The van der Waals surface area contributed by atoms with E-state index >= 15 is 0 Å². The normalized spacial score (nSPS) is 12.1. The molecule has 2 amide bonds. The van der Waals surface area contributed by atoms with Crippen molar-refractivity contribution < 1.29 is 9.59 Å². The topological polar surface area (TPSA) is 75.5 Å². The van der Waals surface area contributed by atoms with Crippen molar-refractivity contribution in [2.45, 2.75) is 26.4 Å². The molecule has 7 heteroatoms. The van der Waals surface area contributed by atoms with Crippen LogP contribution >= 0.6 is 11.6 Å². The lowest BCUT2D eigenvalue weighted by Gasteiger charge is -2.21. The van der Waals surface area contributed by atoms with Crippen LogP contribution in [0.3, 0.4) is 0 Å². The molecule has 2 N–H and O–H groups in total. The summed E-state index contributed by atoms with van der Waals surface area (Å²) in [5.74, 6) is -0.720. The highest BCUT2D eigenvalue weighted by molar-refractivity contribution is 6.33. The molecule has 0 spiro atoms. The number of aromatic nitrogens is 2. The number of hydrogen-bond donors (Lipinski definition) is 2. The number of hydrogen-bond acceptors (Lipinski definition) is 3. The molecular formula is C20H21ClN4O2. The first-order chi connectivity index (χ1) is 13.0. The van der Waals surface area contributed by atoms with Gasteiger partial charge in [-0.05, 0) is 30.2 Å². The number of halogens is 1. The van der Waals surface area contributed by atoms with E-state index in [1.165, 1.54) is 0 Å². The number of imidazole rings is 1. The van der Waals surface area contributed by atoms with Crippen molar-refractivity contribution in [3.05, 3.63) is 71.1 Å². The molecular weight excluding hydrogens is 364 g/mol. The Morgan fingerprint density at radius 2 is 1.89 bits per heavy atom. The Kier molecular flexibility index (Phi) is 5.76. The summed E-state index contributed by atoms with van der Waals surface area (Å²) in [6.07, 6.45) is 3.76. The zero-order chi connectivity index (χ0) is 19.4. The van der Waals surface area contributed by atoms with E-state index < -0.39 is 6.04 Å². The van der Waals surface area contributed by atoms with Gasteiger partial charge in [0.25, 0.3) is 5.91 Å². The van der Waals surface area contributed by atoms with E-state index in [4.69, 9.17) is 11.6 Å². The first-order valence-electron chi connectivity index (χ1n) is 8.71. The van der Waals surface area contributed by atoms with Crippen molar-refractivity contribution in [2.75, 3.05) is 0 Å². The average Bonchev–Trinajstić information content (AvgIpc) is 3.07. The standard InChI is InChI=1S/C20H21ClN4O2/c1-13(2)18(24-19(26)15-7-3-4-8-16(15)21)20(27)22-11-14-12-25-10-6-5-9-17(25)23-14/h3-10,12-13,18H,11H2,1-2H3,(H,22,27)(H,24,26)/t18-/m1/s1. The third kappa shape index (κ3) is 4.46. The quantitative estimate of drug-likeness (QED) is 0.685. The molecule has 0 fully saturated rings. The molecule has 0 aliphatic carbocycles. The number of benzene rings is 1. The number of amides is 2. The van der Waals surface area contributed by atoms with Crippen molar-refractivity contribution >= 4 is 29.1 Å². The molecule has 2 heterocycles.